The van der Waals surface area contributed by atoms with Gasteiger partial charge in [0, 0.05) is 11.2 Å². The van der Waals surface area contributed by atoms with Crippen LogP contribution >= 0.6 is 11.6 Å². The van der Waals surface area contributed by atoms with E-state index in [-0.39, 0.29) is 22.3 Å². The molecule has 6 nitrogen and oxygen atoms in total. The summed E-state index contributed by atoms with van der Waals surface area (Å²) in [6, 6.07) is 5.90. The van der Waals surface area contributed by atoms with Gasteiger partial charge in [0.15, 0.2) is 5.82 Å². The van der Waals surface area contributed by atoms with Gasteiger partial charge in [-0.3, -0.25) is 4.72 Å². The molecule has 2 rings (SSSR count). The first-order chi connectivity index (χ1) is 9.44. The number of nitrogens with zero attached hydrogens (tertiary/aromatic N) is 2. The minimum Gasteiger partial charge on any atom is -0.392 e. The summed E-state index contributed by atoms with van der Waals surface area (Å²) >= 11 is 5.88. The van der Waals surface area contributed by atoms with Crippen molar-refractivity contribution in [2.24, 2.45) is 0 Å². The monoisotopic (exact) mass is 313 g/mol. The van der Waals surface area contributed by atoms with Crippen molar-refractivity contribution in [1.82, 2.24) is 10.2 Å². The number of benzene rings is 1. The van der Waals surface area contributed by atoms with Gasteiger partial charge < -0.3 is 5.11 Å². The lowest BCUT2D eigenvalue weighted by molar-refractivity contribution is 0.280. The van der Waals surface area contributed by atoms with Crippen molar-refractivity contribution in [3.63, 3.8) is 0 Å². The van der Waals surface area contributed by atoms with Gasteiger partial charge >= 0.3 is 0 Å². The molecule has 106 valence electrons. The van der Waals surface area contributed by atoms with E-state index in [1.54, 1.807) is 13.0 Å². The SMILES string of the molecule is Cc1c(CO)cc(Cl)cc1S(=O)(=O)Nc1cccnn1. The Hall–Kier alpha value is -1.70. The molecule has 2 N–H and O–H groups in total. The Morgan fingerprint density at radius 3 is 2.75 bits per heavy atom. The molecule has 0 aliphatic rings. The second-order valence-electron chi connectivity index (χ2n) is 4.06. The maximum atomic E-state index is 12.3. The van der Waals surface area contributed by atoms with E-state index in [1.165, 1.54) is 24.4 Å². The topological polar surface area (TPSA) is 92.2 Å². The Morgan fingerprint density at radius 2 is 2.15 bits per heavy atom. The minimum absolute atomic E-state index is 0.000275. The van der Waals surface area contributed by atoms with Crippen molar-refractivity contribution >= 4 is 27.4 Å². The highest BCUT2D eigenvalue weighted by Crippen LogP contribution is 2.25. The average Bonchev–Trinajstić information content (AvgIpc) is 2.41. The van der Waals surface area contributed by atoms with E-state index >= 15 is 0 Å². The number of rotatable bonds is 4. The summed E-state index contributed by atoms with van der Waals surface area (Å²) in [6.45, 7) is 1.31. The van der Waals surface area contributed by atoms with Crippen LogP contribution in [0.4, 0.5) is 5.82 Å². The van der Waals surface area contributed by atoms with E-state index in [1.807, 2.05) is 0 Å². The fourth-order valence-corrected chi connectivity index (χ4v) is 3.32. The summed E-state index contributed by atoms with van der Waals surface area (Å²) in [5.74, 6) is 0.109. The fourth-order valence-electron chi connectivity index (χ4n) is 1.70. The van der Waals surface area contributed by atoms with Gasteiger partial charge in [0.1, 0.15) is 0 Å². The van der Waals surface area contributed by atoms with Gasteiger partial charge in [-0.05, 0) is 42.3 Å². The van der Waals surface area contributed by atoms with Crippen LogP contribution in [-0.2, 0) is 16.6 Å². The van der Waals surface area contributed by atoms with E-state index in [4.69, 9.17) is 11.6 Å². The molecule has 0 unspecified atom stereocenters. The highest BCUT2D eigenvalue weighted by Gasteiger charge is 2.20. The molecule has 0 amide bonds. The quantitative estimate of drug-likeness (QED) is 0.897. The molecule has 0 fully saturated rings. The lowest BCUT2D eigenvalue weighted by atomic mass is 10.1. The highest BCUT2D eigenvalue weighted by atomic mass is 35.5. The van der Waals surface area contributed by atoms with Gasteiger partial charge in [0.05, 0.1) is 11.5 Å². The van der Waals surface area contributed by atoms with Crippen LogP contribution in [0.25, 0.3) is 0 Å². The van der Waals surface area contributed by atoms with Crippen molar-refractivity contribution in [3.8, 4) is 0 Å². The molecule has 0 saturated heterocycles. The second kappa shape index (κ2) is 5.74. The third-order valence-corrected chi connectivity index (χ3v) is 4.40. The third-order valence-electron chi connectivity index (χ3n) is 2.70. The van der Waals surface area contributed by atoms with Gasteiger partial charge in [-0.1, -0.05) is 11.6 Å². The summed E-state index contributed by atoms with van der Waals surface area (Å²) < 4.78 is 27.0. The first-order valence-corrected chi connectivity index (χ1v) is 7.50. The van der Waals surface area contributed by atoms with E-state index < -0.39 is 10.0 Å². The summed E-state index contributed by atoms with van der Waals surface area (Å²) in [7, 11) is -3.85. The molecule has 1 aromatic carbocycles. The fraction of sp³-hybridized carbons (Fsp3) is 0.167. The molecule has 20 heavy (non-hydrogen) atoms. The van der Waals surface area contributed by atoms with Crippen LogP contribution in [0.1, 0.15) is 11.1 Å². The van der Waals surface area contributed by atoms with Gasteiger partial charge in [0.25, 0.3) is 10.0 Å². The first-order valence-electron chi connectivity index (χ1n) is 5.64. The molecular formula is C12H12ClN3O3S. The molecule has 0 aliphatic heterocycles. The standard InChI is InChI=1S/C12H12ClN3O3S/c1-8-9(7-17)5-10(13)6-11(8)20(18,19)16-12-3-2-4-14-15-12/h2-6,17H,7H2,1H3,(H,15,16). The average molecular weight is 314 g/mol. The maximum absolute atomic E-state index is 12.3. The number of hydrogen-bond acceptors (Lipinski definition) is 5. The third kappa shape index (κ3) is 3.06. The molecule has 1 heterocycles. The van der Waals surface area contributed by atoms with Gasteiger partial charge in [0.2, 0.25) is 0 Å². The number of halogens is 1. The lowest BCUT2D eigenvalue weighted by Gasteiger charge is -2.12. The maximum Gasteiger partial charge on any atom is 0.263 e. The van der Waals surface area contributed by atoms with Crippen molar-refractivity contribution in [2.45, 2.75) is 18.4 Å². The van der Waals surface area contributed by atoms with Crippen LogP contribution in [0, 0.1) is 6.92 Å². The predicted molar refractivity (Wildman–Crippen MR) is 75.0 cm³/mol. The summed E-state index contributed by atoms with van der Waals surface area (Å²) in [5, 5.41) is 16.7. The Morgan fingerprint density at radius 1 is 1.40 bits per heavy atom. The number of aliphatic hydroxyl groups is 1. The molecule has 0 saturated carbocycles. The molecule has 0 aliphatic carbocycles. The number of anilines is 1. The molecule has 1 aromatic heterocycles. The summed E-state index contributed by atoms with van der Waals surface area (Å²) in [6.07, 6.45) is 1.44. The van der Waals surface area contributed by atoms with Gasteiger partial charge in [-0.15, -0.1) is 5.10 Å². The molecule has 0 spiro atoms. The van der Waals surface area contributed by atoms with Crippen LogP contribution in [0.2, 0.25) is 5.02 Å². The lowest BCUT2D eigenvalue weighted by Crippen LogP contribution is -2.16. The van der Waals surface area contributed by atoms with Crippen molar-refractivity contribution in [1.29, 1.82) is 0 Å². The smallest absolute Gasteiger partial charge is 0.263 e. The second-order valence-corrected chi connectivity index (χ2v) is 6.15. The number of aromatic nitrogens is 2. The molecule has 2 aromatic rings. The largest absolute Gasteiger partial charge is 0.392 e. The predicted octanol–water partition coefficient (Wildman–Crippen LogP) is 1.73. The summed E-state index contributed by atoms with van der Waals surface area (Å²) in [5.41, 5.74) is 0.894. The Bertz CT molecular complexity index is 720. The number of sulfonamides is 1. The summed E-state index contributed by atoms with van der Waals surface area (Å²) in [4.78, 5) is -0.000275. The van der Waals surface area contributed by atoms with E-state index in [0.717, 1.165) is 0 Å². The number of hydrogen-bond donors (Lipinski definition) is 2. The first kappa shape index (κ1) is 14.7. The Balaban J connectivity index is 2.47. The van der Waals surface area contributed by atoms with Gasteiger partial charge in [-0.2, -0.15) is 5.10 Å². The van der Waals surface area contributed by atoms with Crippen LogP contribution in [-0.4, -0.2) is 23.7 Å². The number of nitrogens with one attached hydrogen (secondary N) is 1. The van der Waals surface area contributed by atoms with Crippen LogP contribution < -0.4 is 4.72 Å². The van der Waals surface area contributed by atoms with Crippen LogP contribution in [0.3, 0.4) is 0 Å². The zero-order chi connectivity index (χ0) is 14.8. The molecule has 0 bridgehead atoms. The molecule has 0 atom stereocenters. The number of aliphatic hydroxyl groups excluding tert-OH is 1. The Kier molecular flexibility index (Phi) is 4.22. The van der Waals surface area contributed by atoms with E-state index in [9.17, 15) is 13.5 Å². The zero-order valence-corrected chi connectivity index (χ0v) is 12.1. The van der Waals surface area contributed by atoms with E-state index in [0.29, 0.717) is 11.1 Å². The molecular weight excluding hydrogens is 302 g/mol. The minimum atomic E-state index is -3.85. The van der Waals surface area contributed by atoms with Crippen molar-refractivity contribution in [3.05, 3.63) is 46.6 Å². The van der Waals surface area contributed by atoms with Gasteiger partial charge in [-0.25, -0.2) is 8.42 Å². The van der Waals surface area contributed by atoms with Crippen molar-refractivity contribution < 1.29 is 13.5 Å². The normalized spacial score (nSPS) is 11.3. The molecule has 8 heteroatoms. The zero-order valence-electron chi connectivity index (χ0n) is 10.5. The van der Waals surface area contributed by atoms with Crippen molar-refractivity contribution in [2.75, 3.05) is 4.72 Å². The highest BCUT2D eigenvalue weighted by molar-refractivity contribution is 7.92. The molecule has 0 radical (unpaired) electrons. The Labute approximate surface area is 121 Å². The van der Waals surface area contributed by atoms with Crippen LogP contribution in [0.5, 0.6) is 0 Å². The van der Waals surface area contributed by atoms with Crippen LogP contribution in [0.15, 0.2) is 35.4 Å². The van der Waals surface area contributed by atoms with E-state index in [2.05, 4.69) is 14.9 Å².